The number of aromatic nitrogens is 1. The largest absolute Gasteiger partial charge is 0.476 e. The van der Waals surface area contributed by atoms with Gasteiger partial charge in [0.2, 0.25) is 5.91 Å². The van der Waals surface area contributed by atoms with Gasteiger partial charge in [-0.15, -0.1) is 34.4 Å². The molecule has 2 aromatic rings. The van der Waals surface area contributed by atoms with Crippen molar-refractivity contribution in [2.45, 2.75) is 12.3 Å². The molecule has 0 atom stereocenters. The summed E-state index contributed by atoms with van der Waals surface area (Å²) in [6, 6.07) is 3.78. The first-order valence-electron chi connectivity index (χ1n) is 5.81. The zero-order chi connectivity index (χ0) is 15.2. The molecule has 21 heavy (non-hydrogen) atoms. The Labute approximate surface area is 138 Å². The van der Waals surface area contributed by atoms with Crippen molar-refractivity contribution in [3.8, 4) is 0 Å². The molecule has 9 heteroatoms. The van der Waals surface area contributed by atoms with Crippen LogP contribution < -0.4 is 5.32 Å². The molecule has 0 spiro atoms. The highest BCUT2D eigenvalue weighted by Gasteiger charge is 2.09. The average Bonchev–Trinajstić information content (AvgIpc) is 3.05. The summed E-state index contributed by atoms with van der Waals surface area (Å²) in [5, 5.41) is 13.5. The monoisotopic (exact) mass is 362 g/mol. The Morgan fingerprint density at radius 3 is 2.86 bits per heavy atom. The van der Waals surface area contributed by atoms with E-state index in [0.717, 1.165) is 15.0 Å². The molecule has 0 saturated heterocycles. The lowest BCUT2D eigenvalue weighted by Gasteiger charge is -2.02. The van der Waals surface area contributed by atoms with Gasteiger partial charge in [0.15, 0.2) is 5.69 Å². The molecule has 2 rings (SSSR count). The third-order valence-electron chi connectivity index (χ3n) is 2.31. The molecule has 0 aliphatic carbocycles. The average molecular weight is 363 g/mol. The molecule has 2 N–H and O–H groups in total. The van der Waals surface area contributed by atoms with Crippen molar-refractivity contribution in [1.82, 2.24) is 10.3 Å². The van der Waals surface area contributed by atoms with Crippen LogP contribution in [0.2, 0.25) is 4.34 Å². The Hall–Kier alpha value is -1.09. The van der Waals surface area contributed by atoms with E-state index in [1.165, 1.54) is 39.8 Å². The standard InChI is InChI=1S/C12H11ClN2O3S3/c13-9-2-1-7(21-9)4-19-6-10(16)14-3-11-15-8(5-20-11)12(17)18/h1-2,5H,3-4,6H2,(H,14,16)(H,17,18). The maximum Gasteiger partial charge on any atom is 0.355 e. The second-order valence-corrected chi connectivity index (χ2v) is 7.63. The molecule has 5 nitrogen and oxygen atoms in total. The molecular formula is C12H11ClN2O3S3. The summed E-state index contributed by atoms with van der Waals surface area (Å²) in [4.78, 5) is 27.4. The van der Waals surface area contributed by atoms with E-state index in [9.17, 15) is 9.59 Å². The molecule has 2 heterocycles. The first-order chi connectivity index (χ1) is 10.0. The maximum atomic E-state index is 11.7. The highest BCUT2D eigenvalue weighted by molar-refractivity contribution is 7.99. The summed E-state index contributed by atoms with van der Waals surface area (Å²) >= 11 is 10.0. The number of thioether (sulfide) groups is 1. The first-order valence-corrected chi connectivity index (χ1v) is 9.04. The van der Waals surface area contributed by atoms with Crippen molar-refractivity contribution < 1.29 is 14.7 Å². The van der Waals surface area contributed by atoms with Crippen molar-refractivity contribution in [3.63, 3.8) is 0 Å². The van der Waals surface area contributed by atoms with E-state index < -0.39 is 5.97 Å². The molecule has 0 aliphatic heterocycles. The van der Waals surface area contributed by atoms with E-state index in [2.05, 4.69) is 10.3 Å². The Balaban J connectivity index is 1.68. The number of rotatable bonds is 7. The van der Waals surface area contributed by atoms with Gasteiger partial charge in [0.1, 0.15) is 5.01 Å². The van der Waals surface area contributed by atoms with Gasteiger partial charge in [-0.2, -0.15) is 0 Å². The van der Waals surface area contributed by atoms with Gasteiger partial charge in [-0.1, -0.05) is 11.6 Å². The number of hydrogen-bond donors (Lipinski definition) is 2. The van der Waals surface area contributed by atoms with Gasteiger partial charge in [0, 0.05) is 16.0 Å². The zero-order valence-electron chi connectivity index (χ0n) is 10.7. The number of thiazole rings is 1. The van der Waals surface area contributed by atoms with Crippen LogP contribution in [0.3, 0.4) is 0 Å². The lowest BCUT2D eigenvalue weighted by Crippen LogP contribution is -2.24. The number of nitrogens with one attached hydrogen (secondary N) is 1. The van der Waals surface area contributed by atoms with Gasteiger partial charge < -0.3 is 10.4 Å². The fourth-order valence-corrected chi connectivity index (χ4v) is 4.15. The fraction of sp³-hybridized carbons (Fsp3) is 0.250. The fourth-order valence-electron chi connectivity index (χ4n) is 1.39. The van der Waals surface area contributed by atoms with Gasteiger partial charge in [0.05, 0.1) is 16.6 Å². The minimum Gasteiger partial charge on any atom is -0.476 e. The summed E-state index contributed by atoms with van der Waals surface area (Å²) in [6.45, 7) is 0.252. The molecule has 0 unspecified atom stereocenters. The van der Waals surface area contributed by atoms with Crippen LogP contribution in [0.4, 0.5) is 0 Å². The van der Waals surface area contributed by atoms with Crippen LogP contribution in [0, 0.1) is 0 Å². The molecular weight excluding hydrogens is 352 g/mol. The topological polar surface area (TPSA) is 79.3 Å². The first kappa shape index (κ1) is 16.3. The van der Waals surface area contributed by atoms with E-state index in [1.54, 1.807) is 0 Å². The highest BCUT2D eigenvalue weighted by Crippen LogP contribution is 2.25. The van der Waals surface area contributed by atoms with E-state index in [-0.39, 0.29) is 18.1 Å². The number of carbonyl (C=O) groups is 2. The summed E-state index contributed by atoms with van der Waals surface area (Å²) in [6.07, 6.45) is 0. The van der Waals surface area contributed by atoms with Crippen LogP contribution in [0.25, 0.3) is 0 Å². The second kappa shape index (κ2) is 7.79. The smallest absolute Gasteiger partial charge is 0.355 e. The lowest BCUT2D eigenvalue weighted by molar-refractivity contribution is -0.118. The molecule has 0 aromatic carbocycles. The minimum atomic E-state index is -1.06. The third-order valence-corrected chi connectivity index (χ3v) is 5.56. The SMILES string of the molecule is O=C(CSCc1ccc(Cl)s1)NCc1nc(C(=O)O)cs1. The molecule has 0 aliphatic rings. The minimum absolute atomic E-state index is 0.00759. The summed E-state index contributed by atoms with van der Waals surface area (Å²) in [5.74, 6) is -0.0820. The number of carbonyl (C=O) groups excluding carboxylic acids is 1. The van der Waals surface area contributed by atoms with Crippen LogP contribution in [0.15, 0.2) is 17.5 Å². The quantitative estimate of drug-likeness (QED) is 0.791. The van der Waals surface area contributed by atoms with Crippen LogP contribution in [-0.4, -0.2) is 27.7 Å². The molecule has 2 aromatic heterocycles. The Kier molecular flexibility index (Phi) is 6.04. The van der Waals surface area contributed by atoms with Crippen molar-refractivity contribution in [2.24, 2.45) is 0 Å². The van der Waals surface area contributed by atoms with Gasteiger partial charge >= 0.3 is 5.97 Å². The summed E-state index contributed by atoms with van der Waals surface area (Å²) < 4.78 is 0.744. The number of carboxylic acid groups (broad SMARTS) is 1. The highest BCUT2D eigenvalue weighted by atomic mass is 35.5. The molecule has 112 valence electrons. The summed E-state index contributed by atoms with van der Waals surface area (Å²) in [5.41, 5.74) is 0.00759. The third kappa shape index (κ3) is 5.31. The van der Waals surface area contributed by atoms with Gasteiger partial charge in [-0.25, -0.2) is 9.78 Å². The van der Waals surface area contributed by atoms with Crippen molar-refractivity contribution in [2.75, 3.05) is 5.75 Å². The lowest BCUT2D eigenvalue weighted by atomic mass is 10.5. The normalized spacial score (nSPS) is 10.5. The van der Waals surface area contributed by atoms with E-state index in [1.807, 2.05) is 12.1 Å². The molecule has 0 fully saturated rings. The number of thiophene rings is 1. The maximum absolute atomic E-state index is 11.7. The second-order valence-electron chi connectivity index (χ2n) is 3.91. The van der Waals surface area contributed by atoms with Crippen molar-refractivity contribution in [1.29, 1.82) is 0 Å². The predicted octanol–water partition coefficient (Wildman–Crippen LogP) is 3.11. The summed E-state index contributed by atoms with van der Waals surface area (Å²) in [7, 11) is 0. The molecule has 0 saturated carbocycles. The molecule has 1 amide bonds. The Morgan fingerprint density at radius 2 is 2.24 bits per heavy atom. The van der Waals surface area contributed by atoms with Gasteiger partial charge in [0.25, 0.3) is 0 Å². The van der Waals surface area contributed by atoms with Crippen molar-refractivity contribution in [3.05, 3.63) is 37.4 Å². The number of hydrogen-bond acceptors (Lipinski definition) is 6. The molecule has 0 radical (unpaired) electrons. The number of amides is 1. The zero-order valence-corrected chi connectivity index (χ0v) is 13.9. The van der Waals surface area contributed by atoms with Crippen LogP contribution >= 0.6 is 46.0 Å². The number of aromatic carboxylic acids is 1. The van der Waals surface area contributed by atoms with E-state index in [0.29, 0.717) is 10.8 Å². The van der Waals surface area contributed by atoms with Crippen LogP contribution in [-0.2, 0) is 17.1 Å². The van der Waals surface area contributed by atoms with E-state index >= 15 is 0 Å². The molecule has 0 bridgehead atoms. The van der Waals surface area contributed by atoms with Crippen LogP contribution in [0.1, 0.15) is 20.4 Å². The van der Waals surface area contributed by atoms with Gasteiger partial charge in [-0.3, -0.25) is 4.79 Å². The number of nitrogens with zero attached hydrogens (tertiary/aromatic N) is 1. The van der Waals surface area contributed by atoms with Gasteiger partial charge in [-0.05, 0) is 12.1 Å². The Morgan fingerprint density at radius 1 is 1.43 bits per heavy atom. The van der Waals surface area contributed by atoms with Crippen LogP contribution in [0.5, 0.6) is 0 Å². The van der Waals surface area contributed by atoms with Crippen molar-refractivity contribution >= 4 is 57.9 Å². The Bertz CT molecular complexity index is 641. The number of halogens is 1. The predicted molar refractivity (Wildman–Crippen MR) is 86.4 cm³/mol. The number of carboxylic acids is 1. The van der Waals surface area contributed by atoms with E-state index in [4.69, 9.17) is 16.7 Å².